The molecule has 1 aliphatic rings. The van der Waals surface area contributed by atoms with Gasteiger partial charge in [-0.2, -0.15) is 0 Å². The molecule has 0 bridgehead atoms. The standard InChI is InChI=1S/C10H14N3S/c1-14-13-7-6-12(9-13)8-10-4-2-3-5-11-10/h2-5,9H,6-8H2,1H3/q+1. The summed E-state index contributed by atoms with van der Waals surface area (Å²) in [4.78, 5) is 4.31. The fraction of sp³-hybridized carbons (Fsp3) is 0.400. The van der Waals surface area contributed by atoms with Gasteiger partial charge in [-0.25, -0.2) is 4.31 Å². The summed E-state index contributed by atoms with van der Waals surface area (Å²) in [6.45, 7) is 3.11. The van der Waals surface area contributed by atoms with Crippen molar-refractivity contribution < 1.29 is 4.58 Å². The summed E-state index contributed by atoms with van der Waals surface area (Å²) < 4.78 is 4.53. The number of nitrogens with zero attached hydrogens (tertiary/aromatic N) is 3. The highest BCUT2D eigenvalue weighted by molar-refractivity contribution is 7.96. The molecule has 0 saturated heterocycles. The average Bonchev–Trinajstić information content (AvgIpc) is 2.67. The van der Waals surface area contributed by atoms with Crippen LogP contribution in [0.5, 0.6) is 0 Å². The van der Waals surface area contributed by atoms with Crippen LogP contribution in [0, 0.1) is 0 Å². The molecule has 0 N–H and O–H groups in total. The molecule has 0 unspecified atom stereocenters. The summed E-state index contributed by atoms with van der Waals surface area (Å²) >= 11 is 1.76. The molecule has 0 aliphatic carbocycles. The first-order chi connectivity index (χ1) is 6.88. The topological polar surface area (TPSA) is 19.1 Å². The second-order valence-electron chi connectivity index (χ2n) is 3.23. The van der Waals surface area contributed by atoms with Gasteiger partial charge in [0.05, 0.1) is 17.6 Å². The lowest BCUT2D eigenvalue weighted by Gasteiger charge is -1.98. The van der Waals surface area contributed by atoms with Crippen molar-refractivity contribution in [2.45, 2.75) is 6.54 Å². The minimum atomic E-state index is 0.915. The van der Waals surface area contributed by atoms with Gasteiger partial charge in [0.1, 0.15) is 19.6 Å². The van der Waals surface area contributed by atoms with Gasteiger partial charge < -0.3 is 0 Å². The molecule has 1 aliphatic heterocycles. The molecule has 0 amide bonds. The van der Waals surface area contributed by atoms with E-state index in [1.807, 2.05) is 18.3 Å². The van der Waals surface area contributed by atoms with E-state index < -0.39 is 0 Å². The van der Waals surface area contributed by atoms with Gasteiger partial charge in [-0.1, -0.05) is 6.07 Å². The normalized spacial score (nSPS) is 15.8. The molecule has 3 nitrogen and oxygen atoms in total. The number of rotatable bonds is 3. The second kappa shape index (κ2) is 4.46. The monoisotopic (exact) mass is 208 g/mol. The van der Waals surface area contributed by atoms with Crippen molar-refractivity contribution in [3.63, 3.8) is 0 Å². The van der Waals surface area contributed by atoms with Crippen molar-refractivity contribution >= 4 is 18.3 Å². The Morgan fingerprint density at radius 1 is 1.57 bits per heavy atom. The van der Waals surface area contributed by atoms with E-state index in [4.69, 9.17) is 0 Å². The molecule has 1 aromatic heterocycles. The van der Waals surface area contributed by atoms with E-state index in [1.165, 1.54) is 0 Å². The number of aromatic nitrogens is 1. The Labute approximate surface area is 88.6 Å². The van der Waals surface area contributed by atoms with Crippen molar-refractivity contribution in [2.24, 2.45) is 0 Å². The van der Waals surface area contributed by atoms with Crippen molar-refractivity contribution in [1.82, 2.24) is 9.29 Å². The summed E-state index contributed by atoms with van der Waals surface area (Å²) in [7, 11) is 0. The Balaban J connectivity index is 1.99. The predicted octanol–water partition coefficient (Wildman–Crippen LogP) is 1.22. The van der Waals surface area contributed by atoms with E-state index in [9.17, 15) is 0 Å². The molecule has 0 aromatic carbocycles. The lowest BCUT2D eigenvalue weighted by molar-refractivity contribution is -0.530. The Morgan fingerprint density at radius 3 is 3.14 bits per heavy atom. The van der Waals surface area contributed by atoms with Crippen LogP contribution in [0.15, 0.2) is 24.4 Å². The van der Waals surface area contributed by atoms with Crippen molar-refractivity contribution in [3.05, 3.63) is 30.1 Å². The molecule has 4 heteroatoms. The summed E-state index contributed by atoms with van der Waals surface area (Å²) in [5, 5.41) is 0. The molecule has 0 radical (unpaired) electrons. The molecular formula is C10H14N3S+. The van der Waals surface area contributed by atoms with Gasteiger partial charge in [-0.15, -0.1) is 0 Å². The third-order valence-corrected chi connectivity index (χ3v) is 2.97. The summed E-state index contributed by atoms with van der Waals surface area (Å²) in [5.74, 6) is 0. The molecule has 0 fully saturated rings. The zero-order chi connectivity index (χ0) is 9.80. The fourth-order valence-corrected chi connectivity index (χ4v) is 1.97. The van der Waals surface area contributed by atoms with Crippen LogP contribution in [0.25, 0.3) is 0 Å². The second-order valence-corrected chi connectivity index (χ2v) is 4.06. The molecule has 2 rings (SSSR count). The van der Waals surface area contributed by atoms with Crippen LogP contribution in [0.2, 0.25) is 0 Å². The molecule has 0 saturated carbocycles. The van der Waals surface area contributed by atoms with E-state index in [2.05, 4.69) is 32.5 Å². The maximum Gasteiger partial charge on any atom is 0.246 e. The number of hydrogen-bond donors (Lipinski definition) is 0. The smallest absolute Gasteiger partial charge is 0.246 e. The average molecular weight is 208 g/mol. The first-order valence-electron chi connectivity index (χ1n) is 4.68. The molecule has 2 heterocycles. The highest BCUT2D eigenvalue weighted by atomic mass is 32.2. The SMILES string of the molecule is CSN1C=[N+](Cc2ccccn2)CC1. The van der Waals surface area contributed by atoms with E-state index in [-0.39, 0.29) is 0 Å². The van der Waals surface area contributed by atoms with E-state index >= 15 is 0 Å². The van der Waals surface area contributed by atoms with E-state index in [0.717, 1.165) is 25.3 Å². The first-order valence-corrected chi connectivity index (χ1v) is 5.86. The highest BCUT2D eigenvalue weighted by Gasteiger charge is 2.18. The van der Waals surface area contributed by atoms with Gasteiger partial charge in [0.15, 0.2) is 0 Å². The third kappa shape index (κ3) is 2.26. The Kier molecular flexibility index (Phi) is 3.03. The molecule has 14 heavy (non-hydrogen) atoms. The maximum absolute atomic E-state index is 4.31. The van der Waals surface area contributed by atoms with Crippen LogP contribution >= 0.6 is 11.9 Å². The lowest BCUT2D eigenvalue weighted by Crippen LogP contribution is -2.10. The Bertz CT molecular complexity index is 323. The van der Waals surface area contributed by atoms with Gasteiger partial charge in [-0.05, 0) is 12.1 Å². The van der Waals surface area contributed by atoms with Crippen molar-refractivity contribution in [1.29, 1.82) is 0 Å². The van der Waals surface area contributed by atoms with Crippen LogP contribution in [-0.4, -0.2) is 39.5 Å². The zero-order valence-electron chi connectivity index (χ0n) is 8.26. The highest BCUT2D eigenvalue weighted by Crippen LogP contribution is 2.07. The van der Waals surface area contributed by atoms with Gasteiger partial charge in [0.2, 0.25) is 6.34 Å². The summed E-state index contributed by atoms with van der Waals surface area (Å²) in [6, 6.07) is 6.05. The lowest BCUT2D eigenvalue weighted by atomic mass is 10.3. The molecule has 0 spiro atoms. The molecule has 0 atom stereocenters. The van der Waals surface area contributed by atoms with Gasteiger partial charge >= 0.3 is 0 Å². The van der Waals surface area contributed by atoms with Crippen LogP contribution in [-0.2, 0) is 6.54 Å². The van der Waals surface area contributed by atoms with E-state index in [1.54, 1.807) is 11.9 Å². The minimum absolute atomic E-state index is 0.915. The number of hydrogen-bond acceptors (Lipinski definition) is 3. The summed E-state index contributed by atoms with van der Waals surface area (Å²) in [6.07, 6.45) is 6.11. The minimum Gasteiger partial charge on any atom is -0.258 e. The van der Waals surface area contributed by atoms with Gasteiger partial charge in [0, 0.05) is 12.5 Å². The van der Waals surface area contributed by atoms with E-state index in [0.29, 0.717) is 0 Å². The molecule has 74 valence electrons. The zero-order valence-corrected chi connectivity index (χ0v) is 9.07. The number of pyridine rings is 1. The largest absolute Gasteiger partial charge is 0.258 e. The van der Waals surface area contributed by atoms with Gasteiger partial charge in [-0.3, -0.25) is 9.56 Å². The van der Waals surface area contributed by atoms with Crippen LogP contribution in [0.3, 0.4) is 0 Å². The quantitative estimate of drug-likeness (QED) is 0.550. The fourth-order valence-electron chi connectivity index (χ4n) is 1.48. The molecular weight excluding hydrogens is 194 g/mol. The van der Waals surface area contributed by atoms with Crippen LogP contribution in [0.4, 0.5) is 0 Å². The van der Waals surface area contributed by atoms with Gasteiger partial charge in [0.25, 0.3) is 0 Å². The van der Waals surface area contributed by atoms with Crippen molar-refractivity contribution in [2.75, 3.05) is 19.3 Å². The third-order valence-electron chi connectivity index (χ3n) is 2.23. The summed E-state index contributed by atoms with van der Waals surface area (Å²) in [5.41, 5.74) is 1.13. The van der Waals surface area contributed by atoms with Crippen molar-refractivity contribution in [3.8, 4) is 0 Å². The van der Waals surface area contributed by atoms with Crippen LogP contribution in [0.1, 0.15) is 5.69 Å². The maximum atomic E-state index is 4.31. The first kappa shape index (κ1) is 9.52. The predicted molar refractivity (Wildman–Crippen MR) is 59.4 cm³/mol. The Hall–Kier alpha value is -1.03. The molecule has 1 aromatic rings. The Morgan fingerprint density at radius 2 is 2.50 bits per heavy atom. The van der Waals surface area contributed by atoms with Crippen LogP contribution < -0.4 is 0 Å².